The SMILES string of the molecule is Nc1nccn2c(N3CCN4CCNC(=C=O)C4C3)nc(-c3ccc(C(=O)Nc4cc(C(F)(F)F)ccn4)cc3F)c12. The number of halogens is 4. The van der Waals surface area contributed by atoms with Crippen molar-refractivity contribution in [2.75, 3.05) is 48.7 Å². The van der Waals surface area contributed by atoms with Crippen LogP contribution < -0.4 is 21.3 Å². The molecule has 2 aliphatic heterocycles. The summed E-state index contributed by atoms with van der Waals surface area (Å²) in [4.78, 5) is 41.0. The molecule has 4 N–H and O–H groups in total. The van der Waals surface area contributed by atoms with E-state index in [0.717, 1.165) is 24.9 Å². The third-order valence-electron chi connectivity index (χ3n) is 7.31. The number of fused-ring (bicyclic) bond motifs is 2. The van der Waals surface area contributed by atoms with E-state index in [-0.39, 0.29) is 34.5 Å². The van der Waals surface area contributed by atoms with Gasteiger partial charge >= 0.3 is 6.18 Å². The third kappa shape index (κ3) is 4.88. The molecule has 2 fully saturated rings. The lowest BCUT2D eigenvalue weighted by atomic mass is 10.1. The molecular weight excluding hydrogens is 558 g/mol. The molecule has 4 aromatic rings. The lowest BCUT2D eigenvalue weighted by Crippen LogP contribution is -2.60. The highest BCUT2D eigenvalue weighted by Gasteiger charge is 2.35. The van der Waals surface area contributed by atoms with Gasteiger partial charge in [0, 0.05) is 62.4 Å². The lowest BCUT2D eigenvalue weighted by Gasteiger charge is -2.44. The van der Waals surface area contributed by atoms with Crippen LogP contribution in [0.5, 0.6) is 0 Å². The predicted octanol–water partition coefficient (Wildman–Crippen LogP) is 2.59. The van der Waals surface area contributed by atoms with Crippen molar-refractivity contribution < 1.29 is 27.2 Å². The van der Waals surface area contributed by atoms with Gasteiger partial charge in [0.2, 0.25) is 5.95 Å². The number of hydrogen-bond donors (Lipinski definition) is 3. The zero-order valence-electron chi connectivity index (χ0n) is 21.8. The molecule has 42 heavy (non-hydrogen) atoms. The highest BCUT2D eigenvalue weighted by molar-refractivity contribution is 6.04. The fraction of sp³-hybridized carbons (Fsp3) is 0.259. The summed E-state index contributed by atoms with van der Waals surface area (Å²) in [6, 6.07) is 4.89. The highest BCUT2D eigenvalue weighted by atomic mass is 19.4. The predicted molar refractivity (Wildman–Crippen MR) is 145 cm³/mol. The van der Waals surface area contributed by atoms with Crippen LogP contribution in [0.25, 0.3) is 16.8 Å². The van der Waals surface area contributed by atoms with E-state index in [1.165, 1.54) is 18.3 Å². The Kier molecular flexibility index (Phi) is 6.75. The topological polar surface area (TPSA) is 134 Å². The average molecular weight is 582 g/mol. The minimum Gasteiger partial charge on any atom is -0.382 e. The molecule has 1 amide bonds. The molecule has 6 rings (SSSR count). The summed E-state index contributed by atoms with van der Waals surface area (Å²) in [5.41, 5.74) is 6.13. The van der Waals surface area contributed by atoms with Crippen molar-refractivity contribution in [2.45, 2.75) is 12.2 Å². The molecule has 1 atom stereocenters. The van der Waals surface area contributed by atoms with Crippen LogP contribution >= 0.6 is 0 Å². The zero-order valence-corrected chi connectivity index (χ0v) is 21.8. The Balaban J connectivity index is 1.32. The van der Waals surface area contributed by atoms with Crippen LogP contribution in [0.15, 0.2) is 54.6 Å². The third-order valence-corrected chi connectivity index (χ3v) is 7.31. The van der Waals surface area contributed by atoms with Gasteiger partial charge in [-0.2, -0.15) is 13.2 Å². The van der Waals surface area contributed by atoms with Crippen LogP contribution in [0.4, 0.5) is 35.1 Å². The van der Waals surface area contributed by atoms with Gasteiger partial charge in [-0.05, 0) is 30.3 Å². The first kappa shape index (κ1) is 27.2. The molecule has 2 aliphatic rings. The molecule has 0 aliphatic carbocycles. The highest BCUT2D eigenvalue weighted by Crippen LogP contribution is 2.34. The van der Waals surface area contributed by atoms with Crippen LogP contribution in [0.3, 0.4) is 0 Å². The van der Waals surface area contributed by atoms with Crippen LogP contribution in [-0.4, -0.2) is 74.9 Å². The second-order valence-electron chi connectivity index (χ2n) is 9.81. The van der Waals surface area contributed by atoms with E-state index < -0.39 is 23.5 Å². The molecule has 1 unspecified atom stereocenters. The number of amides is 1. The largest absolute Gasteiger partial charge is 0.416 e. The Hall–Kier alpha value is -5.01. The van der Waals surface area contributed by atoms with Crippen LogP contribution in [-0.2, 0) is 11.0 Å². The number of nitrogen functional groups attached to an aromatic ring is 1. The van der Waals surface area contributed by atoms with Crippen molar-refractivity contribution in [3.8, 4) is 11.3 Å². The van der Waals surface area contributed by atoms with Gasteiger partial charge in [-0.15, -0.1) is 0 Å². The normalized spacial score (nSPS) is 17.5. The first-order valence-corrected chi connectivity index (χ1v) is 12.9. The summed E-state index contributed by atoms with van der Waals surface area (Å²) in [5, 5.41) is 5.36. The number of aromatic nitrogens is 4. The van der Waals surface area contributed by atoms with Crippen molar-refractivity contribution in [3.63, 3.8) is 0 Å². The maximum atomic E-state index is 15.6. The van der Waals surface area contributed by atoms with Crippen molar-refractivity contribution in [1.29, 1.82) is 0 Å². The maximum absolute atomic E-state index is 15.6. The summed E-state index contributed by atoms with van der Waals surface area (Å²) < 4.78 is 56.3. The van der Waals surface area contributed by atoms with Crippen LogP contribution in [0.2, 0.25) is 0 Å². The van der Waals surface area contributed by atoms with Gasteiger partial charge in [-0.1, -0.05) is 0 Å². The van der Waals surface area contributed by atoms with Gasteiger partial charge in [0.1, 0.15) is 40.3 Å². The molecule has 2 saturated heterocycles. The number of piperazine rings is 2. The van der Waals surface area contributed by atoms with Crippen molar-refractivity contribution >= 4 is 34.9 Å². The molecule has 0 saturated carbocycles. The van der Waals surface area contributed by atoms with E-state index >= 15 is 4.39 Å². The summed E-state index contributed by atoms with van der Waals surface area (Å²) in [6.07, 6.45) is -0.546. The summed E-state index contributed by atoms with van der Waals surface area (Å²) in [6.45, 7) is 3.13. The smallest absolute Gasteiger partial charge is 0.382 e. The molecule has 0 bridgehead atoms. The number of carbonyl (C=O) groups is 1. The van der Waals surface area contributed by atoms with Crippen LogP contribution in [0, 0.1) is 5.82 Å². The van der Waals surface area contributed by atoms with E-state index in [4.69, 9.17) is 10.7 Å². The molecule has 3 aromatic heterocycles. The minimum absolute atomic E-state index is 0.0404. The number of imidazole rings is 1. The Morgan fingerprint density at radius 1 is 1.12 bits per heavy atom. The summed E-state index contributed by atoms with van der Waals surface area (Å²) >= 11 is 0. The summed E-state index contributed by atoms with van der Waals surface area (Å²) in [7, 11) is 0. The van der Waals surface area contributed by atoms with E-state index in [1.54, 1.807) is 10.6 Å². The Bertz CT molecular complexity index is 1750. The second-order valence-corrected chi connectivity index (χ2v) is 9.81. The number of hydrogen-bond acceptors (Lipinski definition) is 9. The number of nitrogens with two attached hydrogens (primary N) is 1. The monoisotopic (exact) mass is 581 g/mol. The zero-order chi connectivity index (χ0) is 29.6. The molecule has 5 heterocycles. The van der Waals surface area contributed by atoms with Gasteiger partial charge in [-0.25, -0.2) is 24.1 Å². The lowest BCUT2D eigenvalue weighted by molar-refractivity contribution is -0.137. The molecule has 15 heteroatoms. The van der Waals surface area contributed by atoms with Gasteiger partial charge in [0.15, 0.2) is 0 Å². The first-order chi connectivity index (χ1) is 20.1. The van der Waals surface area contributed by atoms with Crippen molar-refractivity contribution in [3.05, 3.63) is 71.6 Å². The number of benzene rings is 1. The standard InChI is InChI=1S/C27H23F4N9O2/c28-18-11-15(25(42)36-21-12-16(3-4-34-21)27(29,30)31)1-2-17(18)22-23-24(32)35-6-8-40(23)26(37-22)39-10-9-38-7-5-33-19(14-41)20(38)13-39/h1-4,6,8,11-12,20,33H,5,7,9-10,13H2,(H2,32,35)(H,34,36,42). The first-order valence-electron chi connectivity index (χ1n) is 12.9. The van der Waals surface area contributed by atoms with E-state index in [1.807, 2.05) is 10.8 Å². The quantitative estimate of drug-likeness (QED) is 0.246. The van der Waals surface area contributed by atoms with E-state index in [2.05, 4.69) is 25.5 Å². The molecule has 0 radical (unpaired) electrons. The number of rotatable bonds is 4. The van der Waals surface area contributed by atoms with Gasteiger partial charge in [-0.3, -0.25) is 14.1 Å². The Morgan fingerprint density at radius 3 is 2.71 bits per heavy atom. The Labute approximate surface area is 235 Å². The molecule has 0 spiro atoms. The molecule has 11 nitrogen and oxygen atoms in total. The maximum Gasteiger partial charge on any atom is 0.416 e. The summed E-state index contributed by atoms with van der Waals surface area (Å²) in [5.74, 6) is 0.593. The van der Waals surface area contributed by atoms with Crippen LogP contribution in [0.1, 0.15) is 15.9 Å². The fourth-order valence-electron chi connectivity index (χ4n) is 5.27. The number of carbonyl (C=O) groups excluding carboxylic acids is 2. The number of pyridine rings is 1. The van der Waals surface area contributed by atoms with E-state index in [9.17, 15) is 22.8 Å². The van der Waals surface area contributed by atoms with Gasteiger partial charge in [0.25, 0.3) is 5.91 Å². The number of alkyl halides is 3. The van der Waals surface area contributed by atoms with E-state index in [0.29, 0.717) is 49.4 Å². The molecular formula is C27H23F4N9O2. The number of anilines is 3. The molecule has 1 aromatic carbocycles. The average Bonchev–Trinajstić information content (AvgIpc) is 3.37. The second kappa shape index (κ2) is 10.4. The van der Waals surface area contributed by atoms with Gasteiger partial charge < -0.3 is 21.3 Å². The van der Waals surface area contributed by atoms with Crippen molar-refractivity contribution in [2.24, 2.45) is 0 Å². The van der Waals surface area contributed by atoms with Gasteiger partial charge in [0.05, 0.1) is 11.6 Å². The fourth-order valence-corrected chi connectivity index (χ4v) is 5.27. The minimum atomic E-state index is -4.62. The molecule has 216 valence electrons. The Morgan fingerprint density at radius 2 is 1.95 bits per heavy atom. The van der Waals surface area contributed by atoms with Crippen molar-refractivity contribution in [1.82, 2.24) is 29.6 Å². The number of nitrogens with one attached hydrogen (secondary N) is 2. The number of nitrogens with zero attached hydrogens (tertiary/aromatic N) is 6.